The van der Waals surface area contributed by atoms with E-state index in [9.17, 15) is 9.59 Å². The molecule has 27 heavy (non-hydrogen) atoms. The molecule has 0 aliphatic carbocycles. The molecular weight excluding hydrogens is 366 g/mol. The van der Waals surface area contributed by atoms with Crippen LogP contribution in [0.5, 0.6) is 0 Å². The van der Waals surface area contributed by atoms with Crippen LogP contribution >= 0.6 is 12.4 Å². The van der Waals surface area contributed by atoms with Crippen molar-refractivity contribution in [3.8, 4) is 0 Å². The number of hydrogen-bond donors (Lipinski definition) is 3. The molecule has 1 unspecified atom stereocenters. The molecule has 1 fully saturated rings. The van der Waals surface area contributed by atoms with Crippen molar-refractivity contribution in [2.24, 2.45) is 5.73 Å². The van der Waals surface area contributed by atoms with Gasteiger partial charge in [-0.1, -0.05) is 30.3 Å². The number of amides is 2. The number of carbonyl (C=O) groups excluding carboxylic acids is 2. The fourth-order valence-corrected chi connectivity index (χ4v) is 2.85. The standard InChI is InChI=1S/C20H23N3O3.ClH/c21-18(14-4-2-1-3-5-14)20(25)23-16-8-6-15(7-9-16)19(24)22-17-10-12-26-13-11-17;/h1-9,17-18H,10-13,21H2,(H,22,24)(H,23,25);1H. The van der Waals surface area contributed by atoms with E-state index in [1.54, 1.807) is 24.3 Å². The smallest absolute Gasteiger partial charge is 0.251 e. The van der Waals surface area contributed by atoms with E-state index in [0.29, 0.717) is 24.5 Å². The highest BCUT2D eigenvalue weighted by Crippen LogP contribution is 2.15. The largest absolute Gasteiger partial charge is 0.381 e. The molecule has 6 nitrogen and oxygen atoms in total. The molecule has 2 amide bonds. The first-order valence-corrected chi connectivity index (χ1v) is 8.73. The molecule has 1 heterocycles. The lowest BCUT2D eigenvalue weighted by atomic mass is 10.1. The summed E-state index contributed by atoms with van der Waals surface area (Å²) in [6.45, 7) is 1.36. The lowest BCUT2D eigenvalue weighted by Crippen LogP contribution is -2.38. The maximum Gasteiger partial charge on any atom is 0.251 e. The number of nitrogens with two attached hydrogens (primary N) is 1. The van der Waals surface area contributed by atoms with Crippen LogP contribution in [0.15, 0.2) is 54.6 Å². The van der Waals surface area contributed by atoms with Crippen LogP contribution in [0.4, 0.5) is 5.69 Å². The van der Waals surface area contributed by atoms with Gasteiger partial charge in [0, 0.05) is 30.5 Å². The number of halogens is 1. The molecular formula is C20H24ClN3O3. The van der Waals surface area contributed by atoms with Crippen LogP contribution in [0.25, 0.3) is 0 Å². The third-order valence-electron chi connectivity index (χ3n) is 4.41. The summed E-state index contributed by atoms with van der Waals surface area (Å²) in [7, 11) is 0. The first-order valence-electron chi connectivity index (χ1n) is 8.73. The Balaban J connectivity index is 0.00000261. The third kappa shape index (κ3) is 5.79. The maximum absolute atomic E-state index is 12.3. The summed E-state index contributed by atoms with van der Waals surface area (Å²) in [5.41, 5.74) is 7.89. The predicted molar refractivity (Wildman–Crippen MR) is 107 cm³/mol. The quantitative estimate of drug-likeness (QED) is 0.732. The average molecular weight is 390 g/mol. The predicted octanol–water partition coefficient (Wildman–Crippen LogP) is 2.66. The van der Waals surface area contributed by atoms with E-state index in [0.717, 1.165) is 18.4 Å². The molecule has 144 valence electrons. The summed E-state index contributed by atoms with van der Waals surface area (Å²) in [6, 6.07) is 15.4. The molecule has 0 saturated carbocycles. The zero-order valence-electron chi connectivity index (χ0n) is 14.9. The topological polar surface area (TPSA) is 93.5 Å². The van der Waals surface area contributed by atoms with Crippen molar-refractivity contribution in [3.05, 3.63) is 65.7 Å². The molecule has 0 bridgehead atoms. The van der Waals surface area contributed by atoms with Gasteiger partial charge in [-0.3, -0.25) is 9.59 Å². The second-order valence-electron chi connectivity index (χ2n) is 6.32. The molecule has 0 radical (unpaired) electrons. The highest BCUT2D eigenvalue weighted by molar-refractivity contribution is 5.97. The van der Waals surface area contributed by atoms with E-state index in [4.69, 9.17) is 10.5 Å². The summed E-state index contributed by atoms with van der Waals surface area (Å²) in [4.78, 5) is 24.5. The van der Waals surface area contributed by atoms with Gasteiger partial charge in [-0.05, 0) is 42.7 Å². The second kappa shape index (κ2) is 10.1. The van der Waals surface area contributed by atoms with Gasteiger partial charge >= 0.3 is 0 Å². The SMILES string of the molecule is Cl.NC(C(=O)Nc1ccc(C(=O)NC2CCOCC2)cc1)c1ccccc1. The Kier molecular flexibility index (Phi) is 7.79. The minimum atomic E-state index is -0.743. The van der Waals surface area contributed by atoms with Crippen molar-refractivity contribution in [2.75, 3.05) is 18.5 Å². The molecule has 1 aliphatic heterocycles. The van der Waals surface area contributed by atoms with Gasteiger partial charge in [-0.25, -0.2) is 0 Å². The molecule has 2 aromatic carbocycles. The minimum absolute atomic E-state index is 0. The summed E-state index contributed by atoms with van der Waals surface area (Å²) in [5, 5.41) is 5.78. The van der Waals surface area contributed by atoms with Gasteiger partial charge < -0.3 is 21.1 Å². The Morgan fingerprint density at radius 1 is 1.00 bits per heavy atom. The van der Waals surface area contributed by atoms with Crippen LogP contribution in [0, 0.1) is 0 Å². The Hall–Kier alpha value is -2.41. The first kappa shape index (κ1) is 20.9. The summed E-state index contributed by atoms with van der Waals surface area (Å²) < 4.78 is 5.29. The van der Waals surface area contributed by atoms with E-state index >= 15 is 0 Å². The Morgan fingerprint density at radius 3 is 2.26 bits per heavy atom. The Morgan fingerprint density at radius 2 is 1.63 bits per heavy atom. The van der Waals surface area contributed by atoms with Gasteiger partial charge in [-0.2, -0.15) is 0 Å². The molecule has 4 N–H and O–H groups in total. The zero-order chi connectivity index (χ0) is 18.4. The molecule has 0 spiro atoms. The zero-order valence-corrected chi connectivity index (χ0v) is 15.7. The monoisotopic (exact) mass is 389 g/mol. The number of nitrogens with one attached hydrogen (secondary N) is 2. The van der Waals surface area contributed by atoms with Gasteiger partial charge in [-0.15, -0.1) is 12.4 Å². The van der Waals surface area contributed by atoms with Crippen molar-refractivity contribution in [3.63, 3.8) is 0 Å². The lowest BCUT2D eigenvalue weighted by Gasteiger charge is -2.23. The number of hydrogen-bond acceptors (Lipinski definition) is 4. The van der Waals surface area contributed by atoms with Crippen LogP contribution in [-0.4, -0.2) is 31.1 Å². The van der Waals surface area contributed by atoms with Crippen LogP contribution in [0.3, 0.4) is 0 Å². The van der Waals surface area contributed by atoms with Crippen LogP contribution < -0.4 is 16.4 Å². The van der Waals surface area contributed by atoms with E-state index in [2.05, 4.69) is 10.6 Å². The summed E-state index contributed by atoms with van der Waals surface area (Å²) in [5.74, 6) is -0.411. The van der Waals surface area contributed by atoms with Gasteiger partial charge in [0.05, 0.1) is 0 Å². The molecule has 1 aliphatic rings. The number of benzene rings is 2. The lowest BCUT2D eigenvalue weighted by molar-refractivity contribution is -0.117. The van der Waals surface area contributed by atoms with E-state index < -0.39 is 6.04 Å². The first-order chi connectivity index (χ1) is 12.6. The molecule has 1 atom stereocenters. The molecule has 0 aromatic heterocycles. The van der Waals surface area contributed by atoms with Crippen molar-refractivity contribution in [2.45, 2.75) is 24.9 Å². The van der Waals surface area contributed by atoms with Gasteiger partial charge in [0.25, 0.3) is 5.91 Å². The van der Waals surface area contributed by atoms with Crippen molar-refractivity contribution in [1.29, 1.82) is 0 Å². The number of ether oxygens (including phenoxy) is 1. The summed E-state index contributed by atoms with van der Waals surface area (Å²) in [6.07, 6.45) is 1.66. The second-order valence-corrected chi connectivity index (χ2v) is 6.32. The van der Waals surface area contributed by atoms with Crippen molar-refractivity contribution >= 4 is 29.9 Å². The van der Waals surface area contributed by atoms with Crippen LogP contribution in [0.2, 0.25) is 0 Å². The van der Waals surface area contributed by atoms with Gasteiger partial charge in [0.2, 0.25) is 5.91 Å². The van der Waals surface area contributed by atoms with Crippen LogP contribution in [0.1, 0.15) is 34.8 Å². The average Bonchev–Trinajstić information content (AvgIpc) is 2.69. The molecule has 2 aromatic rings. The van der Waals surface area contributed by atoms with E-state index in [1.165, 1.54) is 0 Å². The van der Waals surface area contributed by atoms with Crippen molar-refractivity contribution in [1.82, 2.24) is 5.32 Å². The number of anilines is 1. The van der Waals surface area contributed by atoms with Gasteiger partial charge in [0.1, 0.15) is 6.04 Å². The maximum atomic E-state index is 12.3. The number of carbonyl (C=O) groups is 2. The fourth-order valence-electron chi connectivity index (χ4n) is 2.85. The Bertz CT molecular complexity index is 747. The highest BCUT2D eigenvalue weighted by Gasteiger charge is 2.18. The highest BCUT2D eigenvalue weighted by atomic mass is 35.5. The molecule has 1 saturated heterocycles. The normalized spacial score (nSPS) is 15.3. The fraction of sp³-hybridized carbons (Fsp3) is 0.300. The van der Waals surface area contributed by atoms with E-state index in [-0.39, 0.29) is 30.3 Å². The van der Waals surface area contributed by atoms with Gasteiger partial charge in [0.15, 0.2) is 0 Å². The molecule has 7 heteroatoms. The molecule has 3 rings (SSSR count). The van der Waals surface area contributed by atoms with Crippen molar-refractivity contribution < 1.29 is 14.3 Å². The minimum Gasteiger partial charge on any atom is -0.381 e. The summed E-state index contributed by atoms with van der Waals surface area (Å²) >= 11 is 0. The Labute approximate surface area is 164 Å². The number of rotatable bonds is 5. The van der Waals surface area contributed by atoms with E-state index in [1.807, 2.05) is 30.3 Å². The third-order valence-corrected chi connectivity index (χ3v) is 4.41. The van der Waals surface area contributed by atoms with Crippen LogP contribution in [-0.2, 0) is 9.53 Å².